The Hall–Kier alpha value is -1.39. The molecule has 0 radical (unpaired) electrons. The van der Waals surface area contributed by atoms with Crippen LogP contribution in [0.15, 0.2) is 24.3 Å². The topological polar surface area (TPSA) is 44.4 Å². The summed E-state index contributed by atoms with van der Waals surface area (Å²) in [5, 5.41) is 6.55. The third kappa shape index (κ3) is 3.44. The molecule has 0 spiro atoms. The molecular weight excluding hydrogens is 262 g/mol. The molecule has 114 valence electrons. The summed E-state index contributed by atoms with van der Waals surface area (Å²) in [7, 11) is 0. The van der Waals surface area contributed by atoms with Gasteiger partial charge in [0.05, 0.1) is 6.04 Å². The van der Waals surface area contributed by atoms with E-state index in [1.165, 1.54) is 18.5 Å². The van der Waals surface area contributed by atoms with Crippen LogP contribution >= 0.6 is 0 Å². The van der Waals surface area contributed by atoms with Crippen LogP contribution in [-0.2, 0) is 11.2 Å². The number of para-hydroxylation sites is 1. The zero-order chi connectivity index (χ0) is 14.7. The van der Waals surface area contributed by atoms with Crippen LogP contribution in [0, 0.1) is 5.92 Å². The van der Waals surface area contributed by atoms with Crippen molar-refractivity contribution in [3.8, 4) is 0 Å². The number of amides is 1. The average molecular weight is 287 g/mol. The minimum atomic E-state index is -0.0620. The highest BCUT2D eigenvalue weighted by Gasteiger charge is 2.26. The first kappa shape index (κ1) is 14.5. The van der Waals surface area contributed by atoms with E-state index in [4.69, 9.17) is 0 Å². The average Bonchev–Trinajstić information content (AvgIpc) is 2.90. The maximum atomic E-state index is 12.3. The quantitative estimate of drug-likeness (QED) is 0.888. The zero-order valence-electron chi connectivity index (χ0n) is 12.8. The SMILES string of the molecule is CCN1CCC(CNC2CCc3ccccc3NC2=O)C1. The Bertz CT molecular complexity index is 503. The predicted octanol–water partition coefficient (Wildman–Crippen LogP) is 1.87. The standard InChI is InChI=1S/C17H25N3O/c1-2-20-10-9-13(12-20)11-18-16-8-7-14-5-3-4-6-15(14)19-17(16)21/h3-6,13,16,18H,2,7-12H2,1H3,(H,19,21). The number of fused-ring (bicyclic) bond motifs is 1. The molecule has 4 nitrogen and oxygen atoms in total. The normalized spacial score (nSPS) is 26.2. The number of anilines is 1. The molecule has 2 heterocycles. The molecule has 0 aromatic heterocycles. The molecule has 0 saturated carbocycles. The Morgan fingerprint density at radius 3 is 3.00 bits per heavy atom. The van der Waals surface area contributed by atoms with Gasteiger partial charge in [0, 0.05) is 12.2 Å². The number of carbonyl (C=O) groups excluding carboxylic acids is 1. The summed E-state index contributed by atoms with van der Waals surface area (Å²) >= 11 is 0. The summed E-state index contributed by atoms with van der Waals surface area (Å²) in [4.78, 5) is 14.8. The van der Waals surface area contributed by atoms with Gasteiger partial charge in [-0.2, -0.15) is 0 Å². The molecule has 1 aromatic carbocycles. The van der Waals surface area contributed by atoms with Gasteiger partial charge in [-0.05, 0) is 56.4 Å². The molecule has 3 rings (SSSR count). The van der Waals surface area contributed by atoms with Gasteiger partial charge in [0.1, 0.15) is 0 Å². The Kier molecular flexibility index (Phi) is 4.56. The maximum absolute atomic E-state index is 12.3. The first-order valence-corrected chi connectivity index (χ1v) is 8.10. The predicted molar refractivity (Wildman–Crippen MR) is 85.4 cm³/mol. The molecule has 21 heavy (non-hydrogen) atoms. The highest BCUT2D eigenvalue weighted by Crippen LogP contribution is 2.22. The van der Waals surface area contributed by atoms with E-state index >= 15 is 0 Å². The summed E-state index contributed by atoms with van der Waals surface area (Å²) < 4.78 is 0. The highest BCUT2D eigenvalue weighted by molar-refractivity contribution is 5.96. The summed E-state index contributed by atoms with van der Waals surface area (Å²) in [5.74, 6) is 0.800. The van der Waals surface area contributed by atoms with Crippen LogP contribution in [0.3, 0.4) is 0 Å². The van der Waals surface area contributed by atoms with Gasteiger partial charge in [-0.15, -0.1) is 0 Å². The van der Waals surface area contributed by atoms with Gasteiger partial charge in [-0.3, -0.25) is 4.79 Å². The second kappa shape index (κ2) is 6.58. The number of aryl methyl sites for hydroxylation is 1. The lowest BCUT2D eigenvalue weighted by Crippen LogP contribution is -2.42. The number of carbonyl (C=O) groups is 1. The minimum absolute atomic E-state index is 0.0620. The Labute approximate surface area is 126 Å². The molecule has 2 aliphatic rings. The summed E-state index contributed by atoms with van der Waals surface area (Å²) in [6.45, 7) is 6.66. The molecule has 2 N–H and O–H groups in total. The largest absolute Gasteiger partial charge is 0.324 e. The molecule has 0 bridgehead atoms. The van der Waals surface area contributed by atoms with Crippen molar-refractivity contribution in [2.75, 3.05) is 31.5 Å². The van der Waals surface area contributed by atoms with E-state index in [0.717, 1.165) is 38.2 Å². The molecule has 1 amide bonds. The van der Waals surface area contributed by atoms with Crippen LogP contribution in [0.4, 0.5) is 5.69 Å². The van der Waals surface area contributed by atoms with Gasteiger partial charge in [0.2, 0.25) is 5.91 Å². The van der Waals surface area contributed by atoms with E-state index in [9.17, 15) is 4.79 Å². The summed E-state index contributed by atoms with van der Waals surface area (Å²) in [5.41, 5.74) is 2.22. The van der Waals surface area contributed by atoms with E-state index in [2.05, 4.69) is 28.5 Å². The number of nitrogens with zero attached hydrogens (tertiary/aromatic N) is 1. The Balaban J connectivity index is 1.54. The van der Waals surface area contributed by atoms with Gasteiger partial charge in [-0.25, -0.2) is 0 Å². The van der Waals surface area contributed by atoms with Crippen LogP contribution in [0.5, 0.6) is 0 Å². The smallest absolute Gasteiger partial charge is 0.241 e. The lowest BCUT2D eigenvalue weighted by atomic mass is 10.0. The first-order chi connectivity index (χ1) is 10.3. The van der Waals surface area contributed by atoms with Crippen molar-refractivity contribution in [2.45, 2.75) is 32.2 Å². The van der Waals surface area contributed by atoms with E-state index in [0.29, 0.717) is 5.92 Å². The van der Waals surface area contributed by atoms with Gasteiger partial charge in [-0.1, -0.05) is 25.1 Å². The zero-order valence-corrected chi connectivity index (χ0v) is 12.8. The Morgan fingerprint density at radius 2 is 2.19 bits per heavy atom. The van der Waals surface area contributed by atoms with Crippen molar-refractivity contribution in [3.63, 3.8) is 0 Å². The lowest BCUT2D eigenvalue weighted by molar-refractivity contribution is -0.118. The fraction of sp³-hybridized carbons (Fsp3) is 0.588. The first-order valence-electron chi connectivity index (χ1n) is 8.10. The van der Waals surface area contributed by atoms with Crippen molar-refractivity contribution in [1.29, 1.82) is 0 Å². The van der Waals surface area contributed by atoms with E-state index in [1.807, 2.05) is 18.2 Å². The van der Waals surface area contributed by atoms with E-state index in [-0.39, 0.29) is 11.9 Å². The van der Waals surface area contributed by atoms with Crippen molar-refractivity contribution in [3.05, 3.63) is 29.8 Å². The number of benzene rings is 1. The molecule has 2 atom stereocenters. The lowest BCUT2D eigenvalue weighted by Gasteiger charge is -2.18. The summed E-state index contributed by atoms with van der Waals surface area (Å²) in [6.07, 6.45) is 3.08. The van der Waals surface area contributed by atoms with Crippen LogP contribution in [0.2, 0.25) is 0 Å². The second-order valence-electron chi connectivity index (χ2n) is 6.19. The molecule has 1 fully saturated rings. The Morgan fingerprint density at radius 1 is 1.33 bits per heavy atom. The van der Waals surface area contributed by atoms with Gasteiger partial charge < -0.3 is 15.5 Å². The van der Waals surface area contributed by atoms with Gasteiger partial charge in [0.25, 0.3) is 0 Å². The molecule has 1 saturated heterocycles. The highest BCUT2D eigenvalue weighted by atomic mass is 16.2. The van der Waals surface area contributed by atoms with Crippen LogP contribution in [0.1, 0.15) is 25.3 Å². The van der Waals surface area contributed by atoms with Crippen molar-refractivity contribution in [1.82, 2.24) is 10.2 Å². The molecule has 1 aromatic rings. The van der Waals surface area contributed by atoms with Gasteiger partial charge in [0.15, 0.2) is 0 Å². The molecule has 2 aliphatic heterocycles. The maximum Gasteiger partial charge on any atom is 0.241 e. The van der Waals surface area contributed by atoms with Crippen molar-refractivity contribution in [2.24, 2.45) is 5.92 Å². The van der Waals surface area contributed by atoms with E-state index in [1.54, 1.807) is 0 Å². The number of rotatable bonds is 4. The van der Waals surface area contributed by atoms with Crippen LogP contribution in [0.25, 0.3) is 0 Å². The summed E-state index contributed by atoms with van der Waals surface area (Å²) in [6, 6.07) is 8.05. The fourth-order valence-corrected chi connectivity index (χ4v) is 3.38. The molecule has 2 unspecified atom stereocenters. The van der Waals surface area contributed by atoms with Crippen molar-refractivity contribution >= 4 is 11.6 Å². The molecular formula is C17H25N3O. The van der Waals surface area contributed by atoms with Crippen molar-refractivity contribution < 1.29 is 4.79 Å². The van der Waals surface area contributed by atoms with Crippen LogP contribution in [-0.4, -0.2) is 43.0 Å². The van der Waals surface area contributed by atoms with Gasteiger partial charge >= 0.3 is 0 Å². The number of hydrogen-bond acceptors (Lipinski definition) is 3. The third-order valence-corrected chi connectivity index (χ3v) is 4.76. The fourth-order valence-electron chi connectivity index (χ4n) is 3.38. The molecule has 0 aliphatic carbocycles. The van der Waals surface area contributed by atoms with E-state index < -0.39 is 0 Å². The second-order valence-corrected chi connectivity index (χ2v) is 6.19. The third-order valence-electron chi connectivity index (χ3n) is 4.76. The molecule has 4 heteroatoms. The number of likely N-dealkylation sites (tertiary alicyclic amines) is 1. The minimum Gasteiger partial charge on any atom is -0.324 e. The number of nitrogens with one attached hydrogen (secondary N) is 2. The monoisotopic (exact) mass is 287 g/mol. The van der Waals surface area contributed by atoms with Crippen LogP contribution < -0.4 is 10.6 Å². The number of hydrogen-bond donors (Lipinski definition) is 2.